The normalized spacial score (nSPS) is 15.2. The third kappa shape index (κ3) is 5.21. The number of para-hydroxylation sites is 1. The molecule has 0 aromatic heterocycles. The summed E-state index contributed by atoms with van der Waals surface area (Å²) in [5.41, 5.74) is 2.73. The monoisotopic (exact) mass is 431 g/mol. The van der Waals surface area contributed by atoms with Crippen LogP contribution in [0.5, 0.6) is 5.75 Å². The van der Waals surface area contributed by atoms with E-state index >= 15 is 0 Å². The summed E-state index contributed by atoms with van der Waals surface area (Å²) in [7, 11) is -1.93. The lowest BCUT2D eigenvalue weighted by atomic mass is 10.1. The molecule has 2 aromatic carbocycles. The van der Waals surface area contributed by atoms with E-state index in [0.29, 0.717) is 18.7 Å². The highest BCUT2D eigenvalue weighted by molar-refractivity contribution is 7.91. The number of nitrogens with zero attached hydrogens (tertiary/aromatic N) is 1. The topological polar surface area (TPSA) is 72.9 Å². The number of carbonyl (C=O) groups is 1. The Hall–Kier alpha value is -2.38. The minimum atomic E-state index is -3.40. The molecular formula is C23H29NO5S. The van der Waals surface area contributed by atoms with Crippen molar-refractivity contribution in [3.05, 3.63) is 59.2 Å². The summed E-state index contributed by atoms with van der Waals surface area (Å²) in [5.74, 6) is 0.777. The van der Waals surface area contributed by atoms with Crippen LogP contribution in [0.3, 0.4) is 0 Å². The number of amides is 1. The number of sulfone groups is 1. The van der Waals surface area contributed by atoms with Crippen LogP contribution < -0.4 is 4.74 Å². The summed E-state index contributed by atoms with van der Waals surface area (Å²) in [6.07, 6.45) is 1.62. The number of carbonyl (C=O) groups excluding carboxylic acids is 1. The van der Waals surface area contributed by atoms with Crippen LogP contribution in [0.4, 0.5) is 0 Å². The average molecular weight is 432 g/mol. The van der Waals surface area contributed by atoms with Crippen molar-refractivity contribution in [3.8, 4) is 5.75 Å². The molecule has 1 aliphatic heterocycles. The lowest BCUT2D eigenvalue weighted by Crippen LogP contribution is -2.41. The molecular weight excluding hydrogens is 402 g/mol. The zero-order chi connectivity index (χ0) is 21.7. The summed E-state index contributed by atoms with van der Waals surface area (Å²) in [5, 5.41) is 0. The number of hydrogen-bond donors (Lipinski definition) is 0. The van der Waals surface area contributed by atoms with E-state index in [4.69, 9.17) is 9.47 Å². The molecule has 0 spiro atoms. The third-order valence-corrected chi connectivity index (χ3v) is 7.13. The molecule has 0 unspecified atom stereocenters. The first kappa shape index (κ1) is 22.3. The number of hydrogen-bond acceptors (Lipinski definition) is 5. The minimum absolute atomic E-state index is 0.0787. The van der Waals surface area contributed by atoms with Crippen molar-refractivity contribution in [3.63, 3.8) is 0 Å². The Bertz CT molecular complexity index is 957. The fourth-order valence-electron chi connectivity index (χ4n) is 3.63. The van der Waals surface area contributed by atoms with Gasteiger partial charge in [-0.25, -0.2) is 8.42 Å². The fraction of sp³-hybridized carbons (Fsp3) is 0.435. The summed E-state index contributed by atoms with van der Waals surface area (Å²) >= 11 is 0. The van der Waals surface area contributed by atoms with Crippen molar-refractivity contribution in [1.82, 2.24) is 4.90 Å². The number of ether oxygens (including phenoxy) is 2. The molecule has 2 aromatic rings. The van der Waals surface area contributed by atoms with E-state index in [1.807, 2.05) is 32.0 Å². The van der Waals surface area contributed by atoms with E-state index in [0.717, 1.165) is 29.7 Å². The van der Waals surface area contributed by atoms with E-state index in [9.17, 15) is 13.2 Å². The second-order valence-corrected chi connectivity index (χ2v) is 9.78. The van der Waals surface area contributed by atoms with Crippen molar-refractivity contribution >= 4 is 15.7 Å². The number of methoxy groups -OCH3 is 1. The first-order valence-corrected chi connectivity index (χ1v) is 11.8. The molecule has 162 valence electrons. The Morgan fingerprint density at radius 1 is 1.03 bits per heavy atom. The summed E-state index contributed by atoms with van der Waals surface area (Å²) in [6, 6.07) is 12.3. The highest BCUT2D eigenvalue weighted by Gasteiger charge is 2.26. The van der Waals surface area contributed by atoms with E-state index in [-0.39, 0.29) is 29.3 Å². The largest absolute Gasteiger partial charge is 0.490 e. The average Bonchev–Trinajstić information content (AvgIpc) is 2.75. The molecule has 6 nitrogen and oxygen atoms in total. The smallest absolute Gasteiger partial charge is 0.253 e. The van der Waals surface area contributed by atoms with Crippen molar-refractivity contribution in [2.24, 2.45) is 0 Å². The second kappa shape index (κ2) is 9.62. The van der Waals surface area contributed by atoms with Gasteiger partial charge in [0.05, 0.1) is 17.3 Å². The van der Waals surface area contributed by atoms with Gasteiger partial charge in [0.15, 0.2) is 9.84 Å². The predicted octanol–water partition coefficient (Wildman–Crippen LogP) is 3.41. The van der Waals surface area contributed by atoms with Crippen LogP contribution in [0.25, 0.3) is 0 Å². The second-order valence-electron chi connectivity index (χ2n) is 7.67. The molecule has 0 N–H and O–H groups in total. The zero-order valence-corrected chi connectivity index (χ0v) is 18.6. The molecule has 0 aliphatic carbocycles. The van der Waals surface area contributed by atoms with Crippen LogP contribution in [0.1, 0.15) is 34.3 Å². The molecule has 30 heavy (non-hydrogen) atoms. The number of piperidine rings is 1. The molecule has 3 rings (SSSR count). The maximum absolute atomic E-state index is 12.8. The van der Waals surface area contributed by atoms with Crippen LogP contribution in [-0.4, -0.2) is 57.9 Å². The quantitative estimate of drug-likeness (QED) is 0.672. The number of rotatable bonds is 7. The number of likely N-dealkylation sites (tertiary alicyclic amines) is 1. The SMILES string of the molecule is COCCS(=O)(=O)c1ccc(C(=O)N2CCC(Oc3c(C)cccc3C)CC2)cc1. The molecule has 0 saturated carbocycles. The van der Waals surface area contributed by atoms with Gasteiger partial charge in [-0.1, -0.05) is 18.2 Å². The van der Waals surface area contributed by atoms with E-state index in [2.05, 4.69) is 0 Å². The lowest BCUT2D eigenvalue weighted by Gasteiger charge is -2.33. The molecule has 1 saturated heterocycles. The fourth-order valence-corrected chi connectivity index (χ4v) is 4.80. The van der Waals surface area contributed by atoms with Gasteiger partial charge in [0.1, 0.15) is 11.9 Å². The standard InChI is InChI=1S/C23H29NO5S/c1-17-5-4-6-18(2)22(17)29-20-11-13-24(14-12-20)23(25)19-7-9-21(10-8-19)30(26,27)16-15-28-3/h4-10,20H,11-16H2,1-3H3. The van der Waals surface area contributed by atoms with Crippen LogP contribution in [0.2, 0.25) is 0 Å². The Morgan fingerprint density at radius 3 is 2.20 bits per heavy atom. The zero-order valence-electron chi connectivity index (χ0n) is 17.8. The molecule has 0 atom stereocenters. The van der Waals surface area contributed by atoms with Gasteiger partial charge in [-0.3, -0.25) is 4.79 Å². The number of benzene rings is 2. The van der Waals surface area contributed by atoms with Crippen molar-refractivity contribution in [2.75, 3.05) is 32.6 Å². The summed E-state index contributed by atoms with van der Waals surface area (Å²) in [4.78, 5) is 14.8. The van der Waals surface area contributed by atoms with Gasteiger partial charge in [0.25, 0.3) is 5.91 Å². The summed E-state index contributed by atoms with van der Waals surface area (Å²) in [6.45, 7) is 5.45. The highest BCUT2D eigenvalue weighted by atomic mass is 32.2. The van der Waals surface area contributed by atoms with Crippen molar-refractivity contribution in [2.45, 2.75) is 37.7 Å². The van der Waals surface area contributed by atoms with E-state index < -0.39 is 9.84 Å². The van der Waals surface area contributed by atoms with Gasteiger partial charge in [0, 0.05) is 38.6 Å². The highest BCUT2D eigenvalue weighted by Crippen LogP contribution is 2.27. The van der Waals surface area contributed by atoms with Crippen molar-refractivity contribution in [1.29, 1.82) is 0 Å². The molecule has 0 radical (unpaired) electrons. The first-order chi connectivity index (χ1) is 14.3. The van der Waals surface area contributed by atoms with E-state index in [1.54, 1.807) is 17.0 Å². The Balaban J connectivity index is 1.59. The molecule has 7 heteroatoms. The molecule has 0 bridgehead atoms. The van der Waals surface area contributed by atoms with Crippen molar-refractivity contribution < 1.29 is 22.7 Å². The minimum Gasteiger partial charge on any atom is -0.490 e. The predicted molar refractivity (Wildman–Crippen MR) is 116 cm³/mol. The van der Waals surface area contributed by atoms with Gasteiger partial charge >= 0.3 is 0 Å². The number of aryl methyl sites for hydroxylation is 2. The van der Waals surface area contributed by atoms with Gasteiger partial charge in [-0.15, -0.1) is 0 Å². The van der Waals surface area contributed by atoms with Gasteiger partial charge in [-0.2, -0.15) is 0 Å². The van der Waals surface area contributed by atoms with Gasteiger partial charge < -0.3 is 14.4 Å². The van der Waals surface area contributed by atoms with E-state index in [1.165, 1.54) is 19.2 Å². The Kier molecular flexibility index (Phi) is 7.15. The molecule has 1 aliphatic rings. The Labute approximate surface area is 178 Å². The first-order valence-electron chi connectivity index (χ1n) is 10.2. The molecule has 1 heterocycles. The van der Waals surface area contributed by atoms with Gasteiger partial charge in [0.2, 0.25) is 0 Å². The molecule has 1 amide bonds. The third-order valence-electron chi connectivity index (χ3n) is 5.44. The van der Waals surface area contributed by atoms with Crippen LogP contribution >= 0.6 is 0 Å². The van der Waals surface area contributed by atoms with Crippen LogP contribution in [0.15, 0.2) is 47.4 Å². The maximum Gasteiger partial charge on any atom is 0.253 e. The summed E-state index contributed by atoms with van der Waals surface area (Å²) < 4.78 is 35.5. The van der Waals surface area contributed by atoms with Gasteiger partial charge in [-0.05, 0) is 49.2 Å². The molecule has 1 fully saturated rings. The maximum atomic E-state index is 12.8. The lowest BCUT2D eigenvalue weighted by molar-refractivity contribution is 0.0593. The van der Waals surface area contributed by atoms with Crippen LogP contribution in [-0.2, 0) is 14.6 Å². The van der Waals surface area contributed by atoms with Crippen LogP contribution in [0, 0.1) is 13.8 Å². The Morgan fingerprint density at radius 2 is 1.63 bits per heavy atom.